The van der Waals surface area contributed by atoms with Crippen LogP contribution in [0.1, 0.15) is 16.8 Å². The summed E-state index contributed by atoms with van der Waals surface area (Å²) in [7, 11) is 3.73. The number of aliphatic carboxylic acids is 1. The predicted octanol–water partition coefficient (Wildman–Crippen LogP) is 8.90. The number of methoxy groups -OCH3 is 1. The molecule has 1 aliphatic rings. The maximum Gasteiger partial charge on any atom is 0.326 e. The summed E-state index contributed by atoms with van der Waals surface area (Å²) < 4.78 is 32.2. The van der Waals surface area contributed by atoms with Gasteiger partial charge in [0.2, 0.25) is 0 Å². The van der Waals surface area contributed by atoms with Gasteiger partial charge in [-0.2, -0.15) is 0 Å². The number of halogens is 2. The molecule has 7 aromatic rings. The van der Waals surface area contributed by atoms with Gasteiger partial charge in [0.05, 0.1) is 28.8 Å². The van der Waals surface area contributed by atoms with Crippen molar-refractivity contribution in [3.05, 3.63) is 131 Å². The quantitative estimate of drug-likeness (QED) is 0.0961. The number of piperazine rings is 1. The fourth-order valence-electron chi connectivity index (χ4n) is 7.49. The molecule has 0 amide bonds. The van der Waals surface area contributed by atoms with E-state index in [1.165, 1.54) is 29.8 Å². The van der Waals surface area contributed by atoms with Crippen molar-refractivity contribution >= 4 is 44.9 Å². The zero-order valence-electron chi connectivity index (χ0n) is 34.5. The number of anilines is 1. The summed E-state index contributed by atoms with van der Waals surface area (Å²) in [5.74, 6) is 1.11. The largest absolute Gasteiger partial charge is 0.496 e. The number of hydrogen-bond acceptors (Lipinski definition) is 12. The first-order valence-electron chi connectivity index (χ1n) is 20.2. The first-order valence-corrected chi connectivity index (χ1v) is 21.4. The number of nitrogens with zero attached hydrogens (tertiary/aromatic N) is 6. The van der Waals surface area contributed by atoms with E-state index in [9.17, 15) is 14.3 Å². The van der Waals surface area contributed by atoms with Gasteiger partial charge in [0.15, 0.2) is 5.82 Å². The molecule has 1 fully saturated rings. The number of aromatic nitrogens is 4. The third-order valence-corrected chi connectivity index (χ3v) is 12.5. The Hall–Kier alpha value is -6.19. The van der Waals surface area contributed by atoms with Gasteiger partial charge in [0.25, 0.3) is 0 Å². The molecule has 318 valence electrons. The standard InChI is InChI=1S/C47H45ClFN7O5S/c1-29-34(16-17-39(42(29)48)60-25-24-56-22-20-55(2)21-23-56)40-41-45(51-28-52-46(41)62-43(40)30-12-14-32(49)15-13-30)54-36(47(57)58)26-31-8-4-6-10-37(31)61-27-33-18-19-50-44(53-33)35-9-5-7-11-38(35)59-3/h4-19,28,36H,20-27H2,1-3H3,(H,57,58)(H,51,52,54)/t36-/m1/s1. The molecule has 0 radical (unpaired) electrons. The monoisotopic (exact) mass is 873 g/mol. The Balaban J connectivity index is 1.08. The third kappa shape index (κ3) is 9.48. The van der Waals surface area contributed by atoms with Gasteiger partial charge in [-0.3, -0.25) is 4.90 Å². The second kappa shape index (κ2) is 19.2. The minimum absolute atomic E-state index is 0.0581. The van der Waals surface area contributed by atoms with Crippen LogP contribution in [0, 0.1) is 12.7 Å². The predicted molar refractivity (Wildman–Crippen MR) is 241 cm³/mol. The molecule has 0 bridgehead atoms. The number of rotatable bonds is 16. The lowest BCUT2D eigenvalue weighted by molar-refractivity contribution is -0.137. The lowest BCUT2D eigenvalue weighted by Gasteiger charge is -2.32. The number of para-hydroxylation sites is 2. The highest BCUT2D eigenvalue weighted by Crippen LogP contribution is 2.49. The van der Waals surface area contributed by atoms with E-state index < -0.39 is 12.0 Å². The van der Waals surface area contributed by atoms with E-state index in [1.807, 2.05) is 61.5 Å². The summed E-state index contributed by atoms with van der Waals surface area (Å²) in [4.78, 5) is 37.6. The highest BCUT2D eigenvalue weighted by atomic mass is 35.5. The van der Waals surface area contributed by atoms with Crippen molar-refractivity contribution in [2.24, 2.45) is 0 Å². The highest BCUT2D eigenvalue weighted by molar-refractivity contribution is 7.22. The molecule has 4 heterocycles. The van der Waals surface area contributed by atoms with Crippen LogP contribution in [0.2, 0.25) is 5.02 Å². The minimum Gasteiger partial charge on any atom is -0.496 e. The number of benzene rings is 4. The van der Waals surface area contributed by atoms with E-state index in [4.69, 9.17) is 30.8 Å². The van der Waals surface area contributed by atoms with Crippen LogP contribution in [0.3, 0.4) is 0 Å². The number of likely N-dealkylation sites (N-methyl/N-ethyl adjacent to an activating group) is 1. The van der Waals surface area contributed by atoms with Crippen LogP contribution in [0.4, 0.5) is 10.2 Å². The maximum atomic E-state index is 14.2. The van der Waals surface area contributed by atoms with Crippen molar-refractivity contribution in [1.29, 1.82) is 0 Å². The average molecular weight is 874 g/mol. The third-order valence-electron chi connectivity index (χ3n) is 10.9. The number of thiophene rings is 1. The minimum atomic E-state index is -1.13. The number of ether oxygens (including phenoxy) is 3. The lowest BCUT2D eigenvalue weighted by Crippen LogP contribution is -2.45. The molecule has 8 rings (SSSR count). The lowest BCUT2D eigenvalue weighted by atomic mass is 9.95. The molecule has 0 spiro atoms. The number of carboxylic acid groups (broad SMARTS) is 1. The van der Waals surface area contributed by atoms with Gasteiger partial charge < -0.3 is 29.5 Å². The van der Waals surface area contributed by atoms with E-state index in [1.54, 1.807) is 37.6 Å². The summed E-state index contributed by atoms with van der Waals surface area (Å²) in [6.07, 6.45) is 3.14. The number of carboxylic acids is 1. The summed E-state index contributed by atoms with van der Waals surface area (Å²) in [6.45, 7) is 7.34. The molecule has 1 atom stereocenters. The highest BCUT2D eigenvalue weighted by Gasteiger charge is 2.27. The molecular formula is C47H45ClFN7O5S. The Kier molecular flexibility index (Phi) is 13.2. The summed E-state index contributed by atoms with van der Waals surface area (Å²) in [5.41, 5.74) is 5.11. The van der Waals surface area contributed by atoms with Gasteiger partial charge in [-0.15, -0.1) is 11.3 Å². The van der Waals surface area contributed by atoms with Gasteiger partial charge in [0, 0.05) is 55.8 Å². The van der Waals surface area contributed by atoms with Crippen LogP contribution in [0.15, 0.2) is 104 Å². The summed E-state index contributed by atoms with van der Waals surface area (Å²) in [5, 5.41) is 15.0. The Morgan fingerprint density at radius 1 is 0.903 bits per heavy atom. The van der Waals surface area contributed by atoms with Gasteiger partial charge in [-0.1, -0.05) is 60.1 Å². The SMILES string of the molecule is COc1ccccc1-c1nccc(COc2ccccc2C[C@@H](Nc2ncnc3sc(-c4ccc(F)cc4)c(-c4ccc(OCCN5CCN(C)CC5)c(Cl)c4C)c23)C(=O)O)n1. The first-order chi connectivity index (χ1) is 30.2. The molecule has 3 aromatic heterocycles. The number of hydrogen-bond donors (Lipinski definition) is 2. The zero-order chi connectivity index (χ0) is 43.2. The van der Waals surface area contributed by atoms with Crippen LogP contribution in [0.5, 0.6) is 17.2 Å². The molecule has 4 aromatic carbocycles. The molecule has 1 aliphatic heterocycles. The van der Waals surface area contributed by atoms with E-state index in [0.717, 1.165) is 65.4 Å². The Morgan fingerprint density at radius 2 is 1.66 bits per heavy atom. The first kappa shape index (κ1) is 42.5. The molecule has 15 heteroatoms. The van der Waals surface area contributed by atoms with Crippen LogP contribution in [0.25, 0.3) is 43.2 Å². The van der Waals surface area contributed by atoms with Crippen LogP contribution < -0.4 is 19.5 Å². The van der Waals surface area contributed by atoms with Crippen molar-refractivity contribution in [2.75, 3.05) is 58.8 Å². The zero-order valence-corrected chi connectivity index (χ0v) is 36.0. The smallest absolute Gasteiger partial charge is 0.326 e. The van der Waals surface area contributed by atoms with Crippen LogP contribution in [-0.4, -0.2) is 100 Å². The second-order valence-corrected chi connectivity index (χ2v) is 16.3. The van der Waals surface area contributed by atoms with E-state index in [2.05, 4.69) is 37.1 Å². The molecule has 2 N–H and O–H groups in total. The molecule has 0 saturated carbocycles. The Bertz CT molecular complexity index is 2690. The normalized spacial score (nSPS) is 13.8. The van der Waals surface area contributed by atoms with Crippen molar-refractivity contribution < 1.29 is 28.5 Å². The van der Waals surface area contributed by atoms with Crippen LogP contribution in [-0.2, 0) is 17.8 Å². The van der Waals surface area contributed by atoms with Gasteiger partial charge in [-0.25, -0.2) is 29.1 Å². The van der Waals surface area contributed by atoms with Gasteiger partial charge in [0.1, 0.15) is 59.3 Å². The number of fused-ring (bicyclic) bond motifs is 1. The van der Waals surface area contributed by atoms with E-state index in [0.29, 0.717) is 62.0 Å². The maximum absolute atomic E-state index is 14.2. The molecule has 12 nitrogen and oxygen atoms in total. The van der Waals surface area contributed by atoms with Crippen molar-refractivity contribution in [1.82, 2.24) is 29.7 Å². The fraction of sp³-hybridized carbons (Fsp3) is 0.255. The average Bonchev–Trinajstić information content (AvgIpc) is 3.68. The molecule has 0 aliphatic carbocycles. The summed E-state index contributed by atoms with van der Waals surface area (Å²) >= 11 is 8.48. The van der Waals surface area contributed by atoms with E-state index >= 15 is 0 Å². The van der Waals surface area contributed by atoms with Gasteiger partial charge in [-0.05, 0) is 78.7 Å². The summed E-state index contributed by atoms with van der Waals surface area (Å²) in [6, 6.07) is 25.5. The second-order valence-electron chi connectivity index (χ2n) is 15.0. The Morgan fingerprint density at radius 3 is 2.44 bits per heavy atom. The molecule has 1 saturated heterocycles. The molecule has 62 heavy (non-hydrogen) atoms. The molecule has 0 unspecified atom stereocenters. The molecular weight excluding hydrogens is 829 g/mol. The van der Waals surface area contributed by atoms with E-state index in [-0.39, 0.29) is 18.8 Å². The van der Waals surface area contributed by atoms with Crippen molar-refractivity contribution in [3.8, 4) is 50.2 Å². The van der Waals surface area contributed by atoms with Gasteiger partial charge >= 0.3 is 5.97 Å². The topological polar surface area (TPSA) is 135 Å². The Labute approximate surface area is 367 Å². The number of carbonyl (C=O) groups is 1. The van der Waals surface area contributed by atoms with Crippen molar-refractivity contribution in [2.45, 2.75) is 26.0 Å². The number of nitrogens with one attached hydrogen (secondary N) is 1. The van der Waals surface area contributed by atoms with Crippen molar-refractivity contribution in [3.63, 3.8) is 0 Å². The fourth-order valence-corrected chi connectivity index (χ4v) is 8.87. The van der Waals surface area contributed by atoms with Crippen LogP contribution >= 0.6 is 22.9 Å².